The molecule has 34 heavy (non-hydrogen) atoms. The van der Waals surface area contributed by atoms with Gasteiger partial charge in [-0.3, -0.25) is 5.10 Å². The maximum atomic E-state index is 14.3. The number of aromatic amines is 1. The van der Waals surface area contributed by atoms with Gasteiger partial charge >= 0.3 is 5.97 Å². The molecule has 1 saturated carbocycles. The third kappa shape index (κ3) is 3.39. The Kier molecular flexibility index (Phi) is 5.43. The predicted octanol–water partition coefficient (Wildman–Crippen LogP) is 6.04. The number of benzene rings is 2. The lowest BCUT2D eigenvalue weighted by molar-refractivity contribution is -0.166. The topological polar surface area (TPSA) is 80.1 Å². The Morgan fingerprint density at radius 3 is 2.56 bits per heavy atom. The number of hydrogen-bond acceptors (Lipinski definition) is 3. The summed E-state index contributed by atoms with van der Waals surface area (Å²) in [6.07, 6.45) is 3.86. The molecule has 6 nitrogen and oxygen atoms in total. The van der Waals surface area contributed by atoms with Crippen LogP contribution in [0.25, 0.3) is 27.5 Å². The minimum atomic E-state index is -1.16. The fourth-order valence-corrected chi connectivity index (χ4v) is 5.55. The number of fused-ring (bicyclic) bond motifs is 2. The van der Waals surface area contributed by atoms with Gasteiger partial charge in [0.05, 0.1) is 17.2 Å². The maximum Gasteiger partial charge on any atom is 0.335 e. The zero-order chi connectivity index (χ0) is 24.2. The van der Waals surface area contributed by atoms with Crippen LogP contribution >= 0.6 is 0 Å². The van der Waals surface area contributed by atoms with Gasteiger partial charge in [0.15, 0.2) is 17.2 Å². The number of aliphatic carboxylic acids is 1. The van der Waals surface area contributed by atoms with Crippen LogP contribution < -0.4 is 0 Å². The number of nitrogens with one attached hydrogen (secondary N) is 1. The highest BCUT2D eigenvalue weighted by atomic mass is 19.2. The van der Waals surface area contributed by atoms with E-state index in [4.69, 9.17) is 4.74 Å². The van der Waals surface area contributed by atoms with Gasteiger partial charge in [-0.05, 0) is 67.3 Å². The average Bonchev–Trinajstić information content (AvgIpc) is 3.41. The molecule has 2 heterocycles. The Hall–Kier alpha value is -3.26. The van der Waals surface area contributed by atoms with Gasteiger partial charge < -0.3 is 14.4 Å². The summed E-state index contributed by atoms with van der Waals surface area (Å²) in [6, 6.07) is 8.05. The van der Waals surface area contributed by atoms with Crippen molar-refractivity contribution in [3.63, 3.8) is 0 Å². The van der Waals surface area contributed by atoms with E-state index < -0.39 is 23.2 Å². The number of aromatic nitrogens is 3. The third-order valence-electron chi connectivity index (χ3n) is 7.29. The van der Waals surface area contributed by atoms with Crippen molar-refractivity contribution in [3.05, 3.63) is 59.4 Å². The van der Waals surface area contributed by atoms with Gasteiger partial charge in [-0.15, -0.1) is 0 Å². The number of rotatable bonds is 5. The molecule has 0 aliphatic heterocycles. The van der Waals surface area contributed by atoms with E-state index in [1.807, 2.05) is 10.6 Å². The van der Waals surface area contributed by atoms with E-state index >= 15 is 0 Å². The predicted molar refractivity (Wildman–Crippen MR) is 126 cm³/mol. The molecule has 5 rings (SSSR count). The SMILES string of the molecule is CO[C@]1(C(=O)O)CC[C@H](c2c(C(C)C)n(-c3ccc(F)c(F)c3)c3cc4cn[nH]c4cc32)CC1. The average molecular weight is 468 g/mol. The molecule has 1 aliphatic rings. The number of halogens is 2. The Balaban J connectivity index is 1.75. The number of ether oxygens (including phenoxy) is 1. The summed E-state index contributed by atoms with van der Waals surface area (Å²) in [5, 5.41) is 18.9. The molecule has 0 saturated heterocycles. The molecule has 0 spiro atoms. The van der Waals surface area contributed by atoms with Crippen molar-refractivity contribution >= 4 is 27.8 Å². The Morgan fingerprint density at radius 1 is 1.21 bits per heavy atom. The van der Waals surface area contributed by atoms with Gasteiger partial charge in [-0.25, -0.2) is 13.6 Å². The minimum absolute atomic E-state index is 0.0839. The highest BCUT2D eigenvalue weighted by Gasteiger charge is 2.43. The van der Waals surface area contributed by atoms with Crippen molar-refractivity contribution < 1.29 is 23.4 Å². The van der Waals surface area contributed by atoms with Crippen LogP contribution in [-0.2, 0) is 9.53 Å². The van der Waals surface area contributed by atoms with E-state index in [-0.39, 0.29) is 11.8 Å². The number of carboxylic acid groups (broad SMARTS) is 1. The summed E-state index contributed by atoms with van der Waals surface area (Å²) in [5.74, 6) is -2.53. The van der Waals surface area contributed by atoms with Crippen molar-refractivity contribution in [1.82, 2.24) is 14.8 Å². The van der Waals surface area contributed by atoms with Gasteiger partial charge in [0.2, 0.25) is 0 Å². The number of carboxylic acids is 1. The van der Waals surface area contributed by atoms with Crippen molar-refractivity contribution in [3.8, 4) is 5.69 Å². The first kappa shape index (κ1) is 22.5. The number of H-pyrrole nitrogens is 1. The summed E-state index contributed by atoms with van der Waals surface area (Å²) in [6.45, 7) is 4.17. The van der Waals surface area contributed by atoms with Crippen molar-refractivity contribution in [1.29, 1.82) is 0 Å². The van der Waals surface area contributed by atoms with Crippen molar-refractivity contribution in [2.45, 2.75) is 57.0 Å². The molecule has 2 aromatic heterocycles. The zero-order valence-corrected chi connectivity index (χ0v) is 19.4. The first-order valence-corrected chi connectivity index (χ1v) is 11.5. The van der Waals surface area contributed by atoms with E-state index in [1.54, 1.807) is 12.3 Å². The largest absolute Gasteiger partial charge is 0.479 e. The minimum Gasteiger partial charge on any atom is -0.479 e. The van der Waals surface area contributed by atoms with Crippen LogP contribution in [0.5, 0.6) is 0 Å². The second-order valence-corrected chi connectivity index (χ2v) is 9.49. The molecule has 178 valence electrons. The van der Waals surface area contributed by atoms with Gasteiger partial charge in [-0.2, -0.15) is 5.10 Å². The van der Waals surface area contributed by atoms with E-state index in [2.05, 4.69) is 30.1 Å². The van der Waals surface area contributed by atoms with Gasteiger partial charge in [0.1, 0.15) is 0 Å². The summed E-state index contributed by atoms with van der Waals surface area (Å²) < 4.78 is 35.5. The molecule has 0 bridgehead atoms. The van der Waals surface area contributed by atoms with Crippen LogP contribution in [0, 0.1) is 11.6 Å². The number of nitrogens with zero attached hydrogens (tertiary/aromatic N) is 2. The quantitative estimate of drug-likeness (QED) is 0.375. The van der Waals surface area contributed by atoms with Gasteiger partial charge in [-0.1, -0.05) is 13.8 Å². The molecule has 2 aromatic carbocycles. The lowest BCUT2D eigenvalue weighted by Gasteiger charge is -2.36. The molecule has 2 N–H and O–H groups in total. The van der Waals surface area contributed by atoms with Crippen LogP contribution in [-0.4, -0.2) is 38.6 Å². The van der Waals surface area contributed by atoms with Gasteiger partial charge in [0, 0.05) is 35.3 Å². The summed E-state index contributed by atoms with van der Waals surface area (Å²) in [5.41, 5.74) is 3.31. The molecule has 4 aromatic rings. The molecular formula is C26H27F2N3O3. The Bertz CT molecular complexity index is 1400. The Morgan fingerprint density at radius 2 is 1.94 bits per heavy atom. The van der Waals surface area contributed by atoms with Crippen LogP contribution in [0.15, 0.2) is 36.5 Å². The zero-order valence-electron chi connectivity index (χ0n) is 19.4. The Labute approximate surface area is 195 Å². The van der Waals surface area contributed by atoms with Crippen molar-refractivity contribution in [2.24, 2.45) is 0 Å². The molecule has 0 amide bonds. The van der Waals surface area contributed by atoms with Crippen LogP contribution in [0.3, 0.4) is 0 Å². The highest BCUT2D eigenvalue weighted by Crippen LogP contribution is 2.47. The fraction of sp³-hybridized carbons (Fsp3) is 0.385. The van der Waals surface area contributed by atoms with E-state index in [0.29, 0.717) is 31.4 Å². The summed E-state index contributed by atoms with van der Waals surface area (Å²) >= 11 is 0. The fourth-order valence-electron chi connectivity index (χ4n) is 5.55. The van der Waals surface area contributed by atoms with E-state index in [9.17, 15) is 18.7 Å². The van der Waals surface area contributed by atoms with Crippen molar-refractivity contribution in [2.75, 3.05) is 7.11 Å². The van der Waals surface area contributed by atoms with E-state index in [1.165, 1.54) is 13.2 Å². The van der Waals surface area contributed by atoms with Crippen LogP contribution in [0.4, 0.5) is 8.78 Å². The molecule has 8 heteroatoms. The maximum absolute atomic E-state index is 14.3. The second-order valence-electron chi connectivity index (χ2n) is 9.49. The first-order chi connectivity index (χ1) is 16.3. The lowest BCUT2D eigenvalue weighted by Crippen LogP contribution is -2.43. The lowest BCUT2D eigenvalue weighted by atomic mass is 9.74. The summed E-state index contributed by atoms with van der Waals surface area (Å²) in [4.78, 5) is 11.9. The summed E-state index contributed by atoms with van der Waals surface area (Å²) in [7, 11) is 1.46. The standard InChI is InChI=1S/C26H27F2N3O3/c1-14(2)24-23(15-6-8-26(34-3,9-7-15)25(32)33)18-12-21-16(13-29-30-21)10-22(18)31(24)17-4-5-19(27)20(28)11-17/h4-5,10-15H,6-9H2,1-3H3,(H,29,30)(H,32,33)/t15-,26+. The van der Waals surface area contributed by atoms with E-state index in [0.717, 1.165) is 39.1 Å². The monoisotopic (exact) mass is 467 g/mol. The molecule has 1 aliphatic carbocycles. The second kappa shape index (κ2) is 8.20. The highest BCUT2D eigenvalue weighted by molar-refractivity contribution is 5.99. The first-order valence-electron chi connectivity index (χ1n) is 11.5. The van der Waals surface area contributed by atoms with Gasteiger partial charge in [0.25, 0.3) is 0 Å². The molecule has 1 fully saturated rings. The number of carbonyl (C=O) groups is 1. The molecule has 0 radical (unpaired) electrons. The molecule has 0 atom stereocenters. The van der Waals surface area contributed by atoms with Crippen LogP contribution in [0.1, 0.15) is 62.6 Å². The number of methoxy groups -OCH3 is 1. The third-order valence-corrected chi connectivity index (χ3v) is 7.29. The van der Waals surface area contributed by atoms with Crippen LogP contribution in [0.2, 0.25) is 0 Å². The normalized spacial score (nSPS) is 21.1. The smallest absolute Gasteiger partial charge is 0.335 e. The molecular weight excluding hydrogens is 440 g/mol. The number of hydrogen-bond donors (Lipinski definition) is 2. The molecule has 0 unspecified atom stereocenters.